The van der Waals surface area contributed by atoms with E-state index in [0.29, 0.717) is 17.8 Å². The number of rotatable bonds is 6. The first-order valence-corrected chi connectivity index (χ1v) is 8.52. The molecule has 2 aromatic carbocycles. The van der Waals surface area contributed by atoms with E-state index in [9.17, 15) is 18.0 Å². The van der Waals surface area contributed by atoms with Crippen molar-refractivity contribution in [2.45, 2.75) is 13.3 Å². The number of nitrogens with one attached hydrogen (secondary N) is 2. The maximum atomic E-state index is 13.6. The van der Waals surface area contributed by atoms with Crippen molar-refractivity contribution in [3.63, 3.8) is 0 Å². The largest absolute Gasteiger partial charge is 0.350 e. The Morgan fingerprint density at radius 3 is 2.50 bits per heavy atom. The molecule has 8 heteroatoms. The molecule has 0 aliphatic rings. The van der Waals surface area contributed by atoms with Crippen LogP contribution in [-0.2, 0) is 6.42 Å². The zero-order chi connectivity index (χ0) is 20.1. The van der Waals surface area contributed by atoms with Crippen LogP contribution in [0.1, 0.15) is 21.9 Å². The minimum absolute atomic E-state index is 0.103. The molecule has 1 aromatic heterocycles. The van der Waals surface area contributed by atoms with E-state index in [1.165, 1.54) is 18.2 Å². The summed E-state index contributed by atoms with van der Waals surface area (Å²) in [6.45, 7) is 1.83. The van der Waals surface area contributed by atoms with Crippen molar-refractivity contribution in [1.29, 1.82) is 0 Å². The fraction of sp³-hybridized carbons (Fsp3) is 0.150. The lowest BCUT2D eigenvalue weighted by atomic mass is 10.1. The van der Waals surface area contributed by atoms with Crippen molar-refractivity contribution < 1.29 is 18.0 Å². The molecule has 3 rings (SSSR count). The van der Waals surface area contributed by atoms with Gasteiger partial charge in [0.15, 0.2) is 11.6 Å². The van der Waals surface area contributed by atoms with Gasteiger partial charge in [-0.1, -0.05) is 18.2 Å². The summed E-state index contributed by atoms with van der Waals surface area (Å²) in [7, 11) is 0. The van der Waals surface area contributed by atoms with E-state index in [0.717, 1.165) is 12.1 Å². The normalized spacial score (nSPS) is 10.6. The van der Waals surface area contributed by atoms with E-state index in [2.05, 4.69) is 20.6 Å². The minimum atomic E-state index is -0.998. The molecule has 3 aromatic rings. The number of anilines is 2. The molecule has 0 radical (unpaired) electrons. The molecule has 1 amide bonds. The summed E-state index contributed by atoms with van der Waals surface area (Å²) in [4.78, 5) is 20.6. The number of amides is 1. The average Bonchev–Trinajstić information content (AvgIpc) is 2.66. The molecule has 1 heterocycles. The summed E-state index contributed by atoms with van der Waals surface area (Å²) >= 11 is 0. The second-order valence-corrected chi connectivity index (χ2v) is 6.04. The quantitative estimate of drug-likeness (QED) is 0.674. The van der Waals surface area contributed by atoms with E-state index < -0.39 is 17.5 Å². The lowest BCUT2D eigenvalue weighted by molar-refractivity contribution is 0.0948. The van der Waals surface area contributed by atoms with Gasteiger partial charge in [0.2, 0.25) is 0 Å². The van der Waals surface area contributed by atoms with Gasteiger partial charge in [-0.05, 0) is 37.1 Å². The number of carbonyl (C=O) groups is 1. The Hall–Kier alpha value is -3.42. The molecule has 0 bridgehead atoms. The number of hydrogen-bond donors (Lipinski definition) is 2. The third kappa shape index (κ3) is 4.85. The second-order valence-electron chi connectivity index (χ2n) is 6.04. The third-order valence-electron chi connectivity index (χ3n) is 3.90. The van der Waals surface area contributed by atoms with Crippen molar-refractivity contribution >= 4 is 17.4 Å². The molecule has 0 saturated heterocycles. The standard InChI is InChI=1S/C20H17F3N4O/c1-12-25-18(20(28)24-9-8-13-4-2-3-5-15(13)21)11-19(26-12)27-14-6-7-16(22)17(23)10-14/h2-7,10-11H,8-9H2,1H3,(H,24,28)(H,25,26,27). The van der Waals surface area contributed by atoms with Gasteiger partial charge in [0.25, 0.3) is 5.91 Å². The van der Waals surface area contributed by atoms with E-state index in [1.54, 1.807) is 25.1 Å². The first kappa shape index (κ1) is 19.3. The van der Waals surface area contributed by atoms with Crippen LogP contribution in [0.5, 0.6) is 0 Å². The Morgan fingerprint density at radius 1 is 0.964 bits per heavy atom. The highest BCUT2D eigenvalue weighted by molar-refractivity contribution is 5.93. The summed E-state index contributed by atoms with van der Waals surface area (Å²) in [6.07, 6.45) is 0.336. The van der Waals surface area contributed by atoms with Crippen molar-refractivity contribution in [3.8, 4) is 0 Å². The van der Waals surface area contributed by atoms with Crippen LogP contribution in [0.2, 0.25) is 0 Å². The summed E-state index contributed by atoms with van der Waals surface area (Å²) in [5, 5.41) is 5.49. The molecule has 144 valence electrons. The zero-order valence-corrected chi connectivity index (χ0v) is 15.0. The molecule has 0 aliphatic carbocycles. The highest BCUT2D eigenvalue weighted by atomic mass is 19.2. The second kappa shape index (κ2) is 8.51. The highest BCUT2D eigenvalue weighted by Crippen LogP contribution is 2.18. The summed E-state index contributed by atoms with van der Waals surface area (Å²) in [5.74, 6) is -2.14. The van der Waals surface area contributed by atoms with Crippen LogP contribution in [0.25, 0.3) is 0 Å². The zero-order valence-electron chi connectivity index (χ0n) is 15.0. The van der Waals surface area contributed by atoms with Gasteiger partial charge >= 0.3 is 0 Å². The minimum Gasteiger partial charge on any atom is -0.350 e. The number of carbonyl (C=O) groups excluding carboxylic acids is 1. The van der Waals surface area contributed by atoms with Crippen LogP contribution >= 0.6 is 0 Å². The van der Waals surface area contributed by atoms with Gasteiger partial charge < -0.3 is 10.6 Å². The predicted molar refractivity (Wildman–Crippen MR) is 98.8 cm³/mol. The predicted octanol–water partition coefficient (Wildman–Crippen LogP) is 3.92. The van der Waals surface area contributed by atoms with Gasteiger partial charge in [0, 0.05) is 24.4 Å². The van der Waals surface area contributed by atoms with Crippen molar-refractivity contribution in [2.75, 3.05) is 11.9 Å². The van der Waals surface area contributed by atoms with Crippen LogP contribution in [-0.4, -0.2) is 22.4 Å². The molecule has 0 saturated carbocycles. The van der Waals surface area contributed by atoms with Gasteiger partial charge in [-0.3, -0.25) is 4.79 Å². The van der Waals surface area contributed by atoms with Gasteiger partial charge in [-0.25, -0.2) is 23.1 Å². The van der Waals surface area contributed by atoms with Gasteiger partial charge in [0.05, 0.1) is 0 Å². The summed E-state index contributed by atoms with van der Waals surface area (Å²) in [6, 6.07) is 11.1. The van der Waals surface area contributed by atoms with Crippen LogP contribution in [0.15, 0.2) is 48.5 Å². The van der Waals surface area contributed by atoms with Crippen LogP contribution in [0.3, 0.4) is 0 Å². The number of nitrogens with zero attached hydrogens (tertiary/aromatic N) is 2. The van der Waals surface area contributed by atoms with Gasteiger partial charge in [-0.15, -0.1) is 0 Å². The van der Waals surface area contributed by atoms with E-state index in [4.69, 9.17) is 0 Å². The number of aryl methyl sites for hydroxylation is 1. The monoisotopic (exact) mass is 386 g/mol. The molecule has 28 heavy (non-hydrogen) atoms. The smallest absolute Gasteiger partial charge is 0.270 e. The van der Waals surface area contributed by atoms with E-state index >= 15 is 0 Å². The SMILES string of the molecule is Cc1nc(Nc2ccc(F)c(F)c2)cc(C(=O)NCCc2ccccc2F)n1. The molecular formula is C20H17F3N4O. The Morgan fingerprint density at radius 2 is 1.75 bits per heavy atom. The summed E-state index contributed by atoms with van der Waals surface area (Å²) < 4.78 is 40.0. The van der Waals surface area contributed by atoms with E-state index in [-0.39, 0.29) is 29.6 Å². The van der Waals surface area contributed by atoms with Gasteiger partial charge in [0.1, 0.15) is 23.2 Å². The van der Waals surface area contributed by atoms with E-state index in [1.807, 2.05) is 0 Å². The topological polar surface area (TPSA) is 66.9 Å². The first-order valence-electron chi connectivity index (χ1n) is 8.52. The highest BCUT2D eigenvalue weighted by Gasteiger charge is 2.12. The molecule has 2 N–H and O–H groups in total. The van der Waals surface area contributed by atoms with Crippen LogP contribution < -0.4 is 10.6 Å². The van der Waals surface area contributed by atoms with Crippen molar-refractivity contribution in [1.82, 2.24) is 15.3 Å². The maximum absolute atomic E-state index is 13.6. The van der Waals surface area contributed by atoms with Crippen LogP contribution in [0, 0.1) is 24.4 Å². The Bertz CT molecular complexity index is 1010. The maximum Gasteiger partial charge on any atom is 0.270 e. The Balaban J connectivity index is 1.67. The third-order valence-corrected chi connectivity index (χ3v) is 3.90. The number of halogens is 3. The summed E-state index contributed by atoms with van der Waals surface area (Å²) in [5.41, 5.74) is 0.886. The van der Waals surface area contributed by atoms with Crippen LogP contribution in [0.4, 0.5) is 24.7 Å². The number of hydrogen-bond acceptors (Lipinski definition) is 4. The molecule has 0 aliphatic heterocycles. The van der Waals surface area contributed by atoms with Crippen molar-refractivity contribution in [3.05, 3.63) is 83.1 Å². The molecule has 0 spiro atoms. The fourth-order valence-corrected chi connectivity index (χ4v) is 2.57. The lowest BCUT2D eigenvalue weighted by Gasteiger charge is -2.10. The molecule has 5 nitrogen and oxygen atoms in total. The first-order chi connectivity index (χ1) is 13.4. The average molecular weight is 386 g/mol. The lowest BCUT2D eigenvalue weighted by Crippen LogP contribution is -2.27. The molecular weight excluding hydrogens is 369 g/mol. The number of aromatic nitrogens is 2. The molecule has 0 fully saturated rings. The Labute approximate surface area is 159 Å². The Kier molecular flexibility index (Phi) is 5.88. The number of benzene rings is 2. The van der Waals surface area contributed by atoms with Gasteiger partial charge in [-0.2, -0.15) is 0 Å². The van der Waals surface area contributed by atoms with Crippen molar-refractivity contribution in [2.24, 2.45) is 0 Å². The molecule has 0 unspecified atom stereocenters. The fourth-order valence-electron chi connectivity index (χ4n) is 2.57. The molecule has 0 atom stereocenters.